The second-order valence-corrected chi connectivity index (χ2v) is 4.47. The van der Waals surface area contributed by atoms with Gasteiger partial charge < -0.3 is 9.84 Å². The summed E-state index contributed by atoms with van der Waals surface area (Å²) in [6.07, 6.45) is 6.55. The summed E-state index contributed by atoms with van der Waals surface area (Å²) in [5.41, 5.74) is 1.42. The van der Waals surface area contributed by atoms with Crippen LogP contribution in [0.5, 0.6) is 5.75 Å². The lowest BCUT2D eigenvalue weighted by Crippen LogP contribution is -2.02. The molecule has 0 unspecified atom stereocenters. The zero-order valence-corrected chi connectivity index (χ0v) is 11.5. The van der Waals surface area contributed by atoms with E-state index in [9.17, 15) is 9.18 Å². The van der Waals surface area contributed by atoms with Gasteiger partial charge in [-0.3, -0.25) is 4.68 Å². The van der Waals surface area contributed by atoms with Crippen molar-refractivity contribution >= 4 is 12.0 Å². The van der Waals surface area contributed by atoms with Crippen LogP contribution in [0.4, 0.5) is 4.39 Å². The maximum atomic E-state index is 13.2. The lowest BCUT2D eigenvalue weighted by atomic mass is 10.2. The van der Waals surface area contributed by atoms with Crippen LogP contribution < -0.4 is 4.74 Å². The number of ether oxygens (including phenoxy) is 1. The third kappa shape index (κ3) is 4.45. The van der Waals surface area contributed by atoms with E-state index in [1.807, 2.05) is 13.2 Å². The normalized spacial score (nSPS) is 11.0. The van der Waals surface area contributed by atoms with Crippen LogP contribution in [0.25, 0.3) is 6.08 Å². The molecular formula is C15H15FN2O3. The molecule has 0 amide bonds. The molecule has 1 aromatic heterocycles. The van der Waals surface area contributed by atoms with Gasteiger partial charge in [-0.2, -0.15) is 5.10 Å². The zero-order chi connectivity index (χ0) is 15.2. The highest BCUT2D eigenvalue weighted by Crippen LogP contribution is 2.21. The van der Waals surface area contributed by atoms with Crippen molar-refractivity contribution in [2.45, 2.75) is 6.42 Å². The Balaban J connectivity index is 2.03. The molecule has 0 fully saturated rings. The molecule has 21 heavy (non-hydrogen) atoms. The van der Waals surface area contributed by atoms with E-state index in [2.05, 4.69) is 5.10 Å². The SMILES string of the molecule is Cn1cc(CCOc2ccc(F)cc2/C=C/C(=O)O)cn1. The molecule has 0 aliphatic carbocycles. The Kier molecular flexibility index (Phi) is 4.71. The number of aliphatic carboxylic acids is 1. The van der Waals surface area contributed by atoms with Crippen LogP contribution in [0.2, 0.25) is 0 Å². The molecule has 6 heteroatoms. The second-order valence-electron chi connectivity index (χ2n) is 4.47. The fraction of sp³-hybridized carbons (Fsp3) is 0.200. The number of benzene rings is 1. The summed E-state index contributed by atoms with van der Waals surface area (Å²) < 4.78 is 20.5. The first-order chi connectivity index (χ1) is 10.0. The maximum absolute atomic E-state index is 13.2. The van der Waals surface area contributed by atoms with E-state index in [0.717, 1.165) is 11.6 Å². The number of hydrogen-bond donors (Lipinski definition) is 1. The molecule has 0 atom stereocenters. The molecule has 2 aromatic rings. The molecule has 110 valence electrons. The van der Waals surface area contributed by atoms with E-state index in [-0.39, 0.29) is 0 Å². The van der Waals surface area contributed by atoms with Crippen molar-refractivity contribution in [1.82, 2.24) is 9.78 Å². The first-order valence-electron chi connectivity index (χ1n) is 6.35. The molecular weight excluding hydrogens is 275 g/mol. The molecule has 0 aliphatic rings. The second kappa shape index (κ2) is 6.69. The predicted molar refractivity (Wildman–Crippen MR) is 75.5 cm³/mol. The minimum Gasteiger partial charge on any atom is -0.493 e. The summed E-state index contributed by atoms with van der Waals surface area (Å²) in [7, 11) is 1.83. The number of halogens is 1. The third-order valence-corrected chi connectivity index (χ3v) is 2.78. The van der Waals surface area contributed by atoms with Crippen molar-refractivity contribution in [1.29, 1.82) is 0 Å². The van der Waals surface area contributed by atoms with Crippen LogP contribution >= 0.6 is 0 Å². The molecule has 0 radical (unpaired) electrons. The number of hydrogen-bond acceptors (Lipinski definition) is 3. The summed E-state index contributed by atoms with van der Waals surface area (Å²) in [6.45, 7) is 0.394. The van der Waals surface area contributed by atoms with Crippen LogP contribution in [0, 0.1) is 5.82 Å². The van der Waals surface area contributed by atoms with E-state index < -0.39 is 11.8 Å². The number of nitrogens with zero attached hydrogens (tertiary/aromatic N) is 2. The summed E-state index contributed by atoms with van der Waals surface area (Å²) in [6, 6.07) is 4.00. The van der Waals surface area contributed by atoms with Crippen LogP contribution in [0.3, 0.4) is 0 Å². The molecule has 5 nitrogen and oxygen atoms in total. The highest BCUT2D eigenvalue weighted by molar-refractivity contribution is 5.85. The van der Waals surface area contributed by atoms with Gasteiger partial charge in [0.2, 0.25) is 0 Å². The molecule has 2 rings (SSSR count). The molecule has 0 spiro atoms. The summed E-state index contributed by atoms with van der Waals surface area (Å²) in [5, 5.41) is 12.7. The lowest BCUT2D eigenvalue weighted by Gasteiger charge is -2.08. The quantitative estimate of drug-likeness (QED) is 0.829. The van der Waals surface area contributed by atoms with E-state index in [1.165, 1.54) is 24.3 Å². The first kappa shape index (κ1) is 14.8. The Bertz CT molecular complexity index is 665. The molecule has 0 bridgehead atoms. The summed E-state index contributed by atoms with van der Waals surface area (Å²) in [5.74, 6) is -1.10. The van der Waals surface area contributed by atoms with Crippen molar-refractivity contribution in [3.05, 3.63) is 53.6 Å². The van der Waals surface area contributed by atoms with Crippen molar-refractivity contribution in [3.8, 4) is 5.75 Å². The molecule has 1 aromatic carbocycles. The predicted octanol–water partition coefficient (Wildman–Crippen LogP) is 2.28. The van der Waals surface area contributed by atoms with Gasteiger partial charge in [0.05, 0.1) is 12.8 Å². The Labute approximate surface area is 121 Å². The van der Waals surface area contributed by atoms with Crippen LogP contribution in [-0.4, -0.2) is 27.5 Å². The average molecular weight is 290 g/mol. The van der Waals surface area contributed by atoms with Gasteiger partial charge in [0.25, 0.3) is 0 Å². The minimum absolute atomic E-state index is 0.392. The van der Waals surface area contributed by atoms with Gasteiger partial charge in [-0.1, -0.05) is 0 Å². The van der Waals surface area contributed by atoms with Gasteiger partial charge in [-0.15, -0.1) is 0 Å². The number of carboxylic acid groups (broad SMARTS) is 1. The van der Waals surface area contributed by atoms with Gasteiger partial charge >= 0.3 is 5.97 Å². The fourth-order valence-electron chi connectivity index (χ4n) is 1.82. The smallest absolute Gasteiger partial charge is 0.328 e. The first-order valence-corrected chi connectivity index (χ1v) is 6.35. The standard InChI is InChI=1S/C15H15FN2O3/c1-18-10-11(9-17-18)6-7-21-14-4-3-13(16)8-12(14)2-5-15(19)20/h2-5,8-10H,6-7H2,1H3,(H,19,20)/b5-2+. The Morgan fingerprint density at radius 1 is 1.52 bits per heavy atom. The van der Waals surface area contributed by atoms with E-state index >= 15 is 0 Å². The minimum atomic E-state index is -1.10. The van der Waals surface area contributed by atoms with Crippen LogP contribution in [0.1, 0.15) is 11.1 Å². The van der Waals surface area contributed by atoms with Crippen molar-refractivity contribution in [3.63, 3.8) is 0 Å². The van der Waals surface area contributed by atoms with E-state index in [0.29, 0.717) is 24.3 Å². The topological polar surface area (TPSA) is 64.3 Å². The monoisotopic (exact) mass is 290 g/mol. The largest absolute Gasteiger partial charge is 0.493 e. The van der Waals surface area contributed by atoms with Gasteiger partial charge in [-0.25, -0.2) is 9.18 Å². The van der Waals surface area contributed by atoms with Crippen molar-refractivity contribution in [2.75, 3.05) is 6.61 Å². The molecule has 1 heterocycles. The Hall–Kier alpha value is -2.63. The van der Waals surface area contributed by atoms with Crippen LogP contribution in [0.15, 0.2) is 36.7 Å². The molecule has 0 saturated heterocycles. The average Bonchev–Trinajstić information content (AvgIpc) is 2.84. The fourth-order valence-corrected chi connectivity index (χ4v) is 1.82. The van der Waals surface area contributed by atoms with Crippen molar-refractivity contribution in [2.24, 2.45) is 7.05 Å². The molecule has 0 saturated carbocycles. The maximum Gasteiger partial charge on any atom is 0.328 e. The summed E-state index contributed by atoms with van der Waals surface area (Å²) >= 11 is 0. The van der Waals surface area contributed by atoms with Gasteiger partial charge in [0.15, 0.2) is 0 Å². The highest BCUT2D eigenvalue weighted by atomic mass is 19.1. The Morgan fingerprint density at radius 2 is 2.33 bits per heavy atom. The molecule has 0 aliphatic heterocycles. The molecule has 1 N–H and O–H groups in total. The van der Waals surface area contributed by atoms with Crippen LogP contribution in [-0.2, 0) is 18.3 Å². The van der Waals surface area contributed by atoms with Gasteiger partial charge in [-0.05, 0) is 29.8 Å². The third-order valence-electron chi connectivity index (χ3n) is 2.78. The highest BCUT2D eigenvalue weighted by Gasteiger charge is 2.04. The van der Waals surface area contributed by atoms with E-state index in [1.54, 1.807) is 10.9 Å². The number of rotatable bonds is 6. The lowest BCUT2D eigenvalue weighted by molar-refractivity contribution is -0.131. The van der Waals surface area contributed by atoms with E-state index in [4.69, 9.17) is 9.84 Å². The summed E-state index contributed by atoms with van der Waals surface area (Å²) in [4.78, 5) is 10.5. The number of aromatic nitrogens is 2. The number of carboxylic acids is 1. The number of carbonyl (C=O) groups is 1. The zero-order valence-electron chi connectivity index (χ0n) is 11.5. The Morgan fingerprint density at radius 3 is 3.00 bits per heavy atom. The number of aryl methyl sites for hydroxylation is 1. The van der Waals surface area contributed by atoms with Gasteiger partial charge in [0.1, 0.15) is 11.6 Å². The van der Waals surface area contributed by atoms with Crippen molar-refractivity contribution < 1.29 is 19.0 Å². The van der Waals surface area contributed by atoms with Gasteiger partial charge in [0, 0.05) is 31.3 Å².